The molecule has 0 unspecified atom stereocenters. The van der Waals surface area contributed by atoms with Crippen LogP contribution < -0.4 is 20.9 Å². The van der Waals surface area contributed by atoms with Crippen molar-refractivity contribution in [2.24, 2.45) is 0 Å². The number of fused-ring (bicyclic) bond motifs is 1. The van der Waals surface area contributed by atoms with Gasteiger partial charge in [-0.1, -0.05) is 25.1 Å². The third kappa shape index (κ3) is 4.15. The molecule has 146 valence electrons. The molecule has 3 N–H and O–H groups in total. The lowest BCUT2D eigenvalue weighted by Crippen LogP contribution is -2.49. The highest BCUT2D eigenvalue weighted by molar-refractivity contribution is 5.99. The number of nitrogens with one attached hydrogen (secondary N) is 3. The molecule has 0 saturated heterocycles. The van der Waals surface area contributed by atoms with E-state index in [0.717, 1.165) is 10.9 Å². The summed E-state index contributed by atoms with van der Waals surface area (Å²) in [5.41, 5.74) is 7.41. The third-order valence-corrected chi connectivity index (χ3v) is 4.49. The highest BCUT2D eigenvalue weighted by Gasteiger charge is 2.21. The number of methoxy groups -OCH3 is 1. The van der Waals surface area contributed by atoms with Crippen LogP contribution in [-0.2, 0) is 4.79 Å². The number of hydrogen-bond acceptors (Lipinski definition) is 5. The molecule has 0 aliphatic rings. The van der Waals surface area contributed by atoms with Gasteiger partial charge >= 0.3 is 5.91 Å². The Morgan fingerprint density at radius 3 is 2.46 bits per heavy atom. The smallest absolute Gasteiger partial charge is 0.301 e. The second kappa shape index (κ2) is 8.58. The Kier molecular flexibility index (Phi) is 5.96. The van der Waals surface area contributed by atoms with Crippen molar-refractivity contribution in [3.05, 3.63) is 59.9 Å². The number of anilines is 1. The second-order valence-electron chi connectivity index (χ2n) is 6.33. The van der Waals surface area contributed by atoms with E-state index in [0.29, 0.717) is 23.4 Å². The van der Waals surface area contributed by atoms with Gasteiger partial charge in [0.1, 0.15) is 17.4 Å². The molecule has 7 nitrogen and oxygen atoms in total. The fourth-order valence-electron chi connectivity index (χ4n) is 2.86. The maximum atomic E-state index is 12.5. The van der Waals surface area contributed by atoms with E-state index in [9.17, 15) is 9.59 Å². The van der Waals surface area contributed by atoms with E-state index in [2.05, 4.69) is 16.2 Å². The quantitative estimate of drug-likeness (QED) is 0.546. The normalized spacial score (nSPS) is 11.8. The second-order valence-corrected chi connectivity index (χ2v) is 6.33. The van der Waals surface area contributed by atoms with Crippen LogP contribution >= 0.6 is 0 Å². The van der Waals surface area contributed by atoms with Gasteiger partial charge in [-0.15, -0.1) is 0 Å². The average Bonchev–Trinajstić information content (AvgIpc) is 3.06. The van der Waals surface area contributed by atoms with Crippen LogP contribution in [0.15, 0.2) is 52.9 Å². The molecule has 7 heteroatoms. The van der Waals surface area contributed by atoms with Gasteiger partial charge in [0.15, 0.2) is 5.76 Å². The van der Waals surface area contributed by atoms with E-state index >= 15 is 0 Å². The first kappa shape index (κ1) is 19.4. The summed E-state index contributed by atoms with van der Waals surface area (Å²) in [7, 11) is 1.58. The largest absolute Gasteiger partial charge is 0.497 e. The van der Waals surface area contributed by atoms with E-state index < -0.39 is 11.9 Å². The summed E-state index contributed by atoms with van der Waals surface area (Å²) >= 11 is 0. The molecule has 0 radical (unpaired) electrons. The number of ether oxygens (including phenoxy) is 1. The number of para-hydroxylation sites is 1. The lowest BCUT2D eigenvalue weighted by atomic mass is 10.1. The summed E-state index contributed by atoms with van der Waals surface area (Å²) < 4.78 is 10.7. The van der Waals surface area contributed by atoms with Gasteiger partial charge in [-0.25, -0.2) is 5.43 Å². The number of carbonyl (C=O) groups excluding carboxylic acids is 2. The summed E-state index contributed by atoms with van der Waals surface area (Å²) in [6.07, 6.45) is 0.487. The average molecular weight is 381 g/mol. The fourth-order valence-corrected chi connectivity index (χ4v) is 2.86. The number of rotatable bonds is 7. The van der Waals surface area contributed by atoms with Crippen LogP contribution in [0.4, 0.5) is 5.69 Å². The predicted molar refractivity (Wildman–Crippen MR) is 107 cm³/mol. The van der Waals surface area contributed by atoms with Crippen molar-refractivity contribution >= 4 is 28.5 Å². The van der Waals surface area contributed by atoms with Crippen molar-refractivity contribution in [2.45, 2.75) is 26.3 Å². The lowest BCUT2D eigenvalue weighted by Gasteiger charge is -2.17. The molecule has 0 fully saturated rings. The maximum Gasteiger partial charge on any atom is 0.301 e. The maximum absolute atomic E-state index is 12.5. The van der Waals surface area contributed by atoms with Crippen molar-refractivity contribution in [2.75, 3.05) is 12.4 Å². The van der Waals surface area contributed by atoms with Crippen molar-refractivity contribution < 1.29 is 18.7 Å². The standard InChI is InChI=1S/C21H23N3O4/c1-4-17(20(25)22-14-9-11-15(27-3)12-10-14)23-24-21(26)19-13(2)16-7-5-6-8-18(16)28-19/h5-12,17,23H,4H2,1-3H3,(H,22,25)(H,24,26)/t17-/m0/s1. The fraction of sp³-hybridized carbons (Fsp3) is 0.238. The molecule has 1 aromatic heterocycles. The minimum atomic E-state index is -0.601. The van der Waals surface area contributed by atoms with Gasteiger partial charge in [-0.3, -0.25) is 15.0 Å². The van der Waals surface area contributed by atoms with Gasteiger partial charge in [0.05, 0.1) is 7.11 Å². The molecule has 3 rings (SSSR count). The number of benzene rings is 2. The number of hydrogen-bond donors (Lipinski definition) is 3. The van der Waals surface area contributed by atoms with Gasteiger partial charge in [-0.05, 0) is 43.7 Å². The Labute approximate surface area is 163 Å². The first-order valence-corrected chi connectivity index (χ1v) is 9.02. The molecule has 2 amide bonds. The molecule has 2 aromatic carbocycles. The molecule has 0 aliphatic carbocycles. The summed E-state index contributed by atoms with van der Waals surface area (Å²) in [6.45, 7) is 3.68. The molecule has 0 aliphatic heterocycles. The molecule has 0 spiro atoms. The lowest BCUT2D eigenvalue weighted by molar-refractivity contribution is -0.118. The highest BCUT2D eigenvalue weighted by Crippen LogP contribution is 2.24. The number of furan rings is 1. The Bertz CT molecular complexity index is 979. The van der Waals surface area contributed by atoms with E-state index in [4.69, 9.17) is 9.15 Å². The van der Waals surface area contributed by atoms with Crippen LogP contribution in [0, 0.1) is 6.92 Å². The minimum Gasteiger partial charge on any atom is -0.497 e. The molecule has 0 bridgehead atoms. The Morgan fingerprint density at radius 2 is 1.82 bits per heavy atom. The summed E-state index contributed by atoms with van der Waals surface area (Å²) in [6, 6.07) is 13.9. The molecular weight excluding hydrogens is 358 g/mol. The van der Waals surface area contributed by atoms with Crippen LogP contribution in [0.25, 0.3) is 11.0 Å². The Morgan fingerprint density at radius 1 is 1.11 bits per heavy atom. The topological polar surface area (TPSA) is 92.6 Å². The van der Waals surface area contributed by atoms with Crippen molar-refractivity contribution in [3.8, 4) is 5.75 Å². The van der Waals surface area contributed by atoms with Crippen LogP contribution in [0.2, 0.25) is 0 Å². The first-order chi connectivity index (χ1) is 13.5. The molecular formula is C21H23N3O4. The number of aryl methyl sites for hydroxylation is 1. The SMILES string of the molecule is CC[C@H](NNC(=O)c1oc2ccccc2c1C)C(=O)Nc1ccc(OC)cc1. The van der Waals surface area contributed by atoms with Gasteiger partial charge in [0.2, 0.25) is 5.91 Å². The Balaban J connectivity index is 1.62. The van der Waals surface area contributed by atoms with Gasteiger partial charge in [-0.2, -0.15) is 0 Å². The molecule has 3 aromatic rings. The minimum absolute atomic E-state index is 0.221. The zero-order valence-corrected chi connectivity index (χ0v) is 16.0. The predicted octanol–water partition coefficient (Wildman–Crippen LogP) is 3.40. The van der Waals surface area contributed by atoms with Crippen LogP contribution in [0.3, 0.4) is 0 Å². The number of amides is 2. The number of hydrazine groups is 1. The highest BCUT2D eigenvalue weighted by atomic mass is 16.5. The molecule has 0 saturated carbocycles. The van der Waals surface area contributed by atoms with E-state index in [1.165, 1.54) is 0 Å². The summed E-state index contributed by atoms with van der Waals surface area (Å²) in [5, 5.41) is 3.69. The first-order valence-electron chi connectivity index (χ1n) is 9.02. The van der Waals surface area contributed by atoms with Crippen molar-refractivity contribution in [1.82, 2.24) is 10.9 Å². The molecule has 1 atom stereocenters. The van der Waals surface area contributed by atoms with E-state index in [-0.39, 0.29) is 11.7 Å². The summed E-state index contributed by atoms with van der Waals surface area (Å²) in [5.74, 6) is 0.245. The monoisotopic (exact) mass is 381 g/mol. The van der Waals surface area contributed by atoms with Crippen LogP contribution in [0.1, 0.15) is 29.5 Å². The van der Waals surface area contributed by atoms with Gasteiger partial charge in [0.25, 0.3) is 0 Å². The van der Waals surface area contributed by atoms with Crippen LogP contribution in [-0.4, -0.2) is 25.0 Å². The zero-order chi connectivity index (χ0) is 20.1. The van der Waals surface area contributed by atoms with Crippen LogP contribution in [0.5, 0.6) is 5.75 Å². The van der Waals surface area contributed by atoms with E-state index in [1.54, 1.807) is 31.4 Å². The van der Waals surface area contributed by atoms with Crippen molar-refractivity contribution in [1.29, 1.82) is 0 Å². The Hall–Kier alpha value is -3.32. The van der Waals surface area contributed by atoms with Crippen molar-refractivity contribution in [3.63, 3.8) is 0 Å². The van der Waals surface area contributed by atoms with E-state index in [1.807, 2.05) is 38.1 Å². The summed E-state index contributed by atoms with van der Waals surface area (Å²) in [4.78, 5) is 25.0. The van der Waals surface area contributed by atoms with Gasteiger partial charge < -0.3 is 14.5 Å². The zero-order valence-electron chi connectivity index (χ0n) is 16.0. The third-order valence-electron chi connectivity index (χ3n) is 4.49. The molecule has 1 heterocycles. The van der Waals surface area contributed by atoms with Gasteiger partial charge in [0, 0.05) is 16.6 Å². The molecule has 28 heavy (non-hydrogen) atoms. The number of carbonyl (C=O) groups is 2.